The summed E-state index contributed by atoms with van der Waals surface area (Å²) in [4.78, 5) is 13.6. The van der Waals surface area contributed by atoms with E-state index in [1.165, 1.54) is 17.2 Å². The molecule has 31 heavy (non-hydrogen) atoms. The summed E-state index contributed by atoms with van der Waals surface area (Å²) in [5, 5.41) is 4.17. The molecule has 1 atom stereocenters. The molecule has 0 unspecified atom stereocenters. The Kier molecular flexibility index (Phi) is 5.89. The Labute approximate surface area is 183 Å². The van der Waals surface area contributed by atoms with Crippen LogP contribution in [0.15, 0.2) is 42.6 Å². The van der Waals surface area contributed by atoms with Gasteiger partial charge < -0.3 is 14.6 Å². The van der Waals surface area contributed by atoms with E-state index in [0.717, 1.165) is 22.0 Å². The maximum Gasteiger partial charge on any atom is 0.231 e. The van der Waals surface area contributed by atoms with Crippen LogP contribution in [-0.2, 0) is 28.4 Å². The van der Waals surface area contributed by atoms with Crippen LogP contribution in [0, 0.1) is 19.7 Å². The van der Waals surface area contributed by atoms with E-state index < -0.39 is 5.41 Å². The number of nitrogens with zero attached hydrogens (tertiary/aromatic N) is 1. The zero-order chi connectivity index (χ0) is 22.2. The lowest BCUT2D eigenvalue weighted by atomic mass is 9.72. The molecule has 1 N–H and O–H groups in total. The lowest BCUT2D eigenvalue weighted by Gasteiger charge is -2.37. The van der Waals surface area contributed by atoms with Gasteiger partial charge >= 0.3 is 0 Å². The zero-order valence-electron chi connectivity index (χ0n) is 18.8. The first kappa shape index (κ1) is 21.6. The fourth-order valence-electron chi connectivity index (χ4n) is 4.97. The van der Waals surface area contributed by atoms with Crippen LogP contribution in [0.4, 0.5) is 4.39 Å². The SMILES string of the molecule is Cc1cc(C)cc(C2(C(=O)N[C@@H](C)Cc3cn(C)c4ccc(F)cc34)CCOCC2)c1. The second-order valence-electron chi connectivity index (χ2n) is 9.08. The Morgan fingerprint density at radius 1 is 1.16 bits per heavy atom. The molecule has 0 saturated carbocycles. The Balaban J connectivity index is 1.58. The van der Waals surface area contributed by atoms with Crippen LogP contribution in [0.5, 0.6) is 0 Å². The summed E-state index contributed by atoms with van der Waals surface area (Å²) < 4.78 is 21.4. The van der Waals surface area contributed by atoms with Crippen molar-refractivity contribution in [1.82, 2.24) is 9.88 Å². The minimum atomic E-state index is -0.575. The van der Waals surface area contributed by atoms with E-state index in [9.17, 15) is 9.18 Å². The van der Waals surface area contributed by atoms with Crippen molar-refractivity contribution in [2.45, 2.75) is 51.5 Å². The molecule has 1 aromatic heterocycles. The molecule has 0 bridgehead atoms. The van der Waals surface area contributed by atoms with Gasteiger partial charge in [0.05, 0.1) is 5.41 Å². The molecule has 1 aliphatic rings. The Hall–Kier alpha value is -2.66. The quantitative estimate of drug-likeness (QED) is 0.646. The van der Waals surface area contributed by atoms with Crippen LogP contribution < -0.4 is 5.32 Å². The average Bonchev–Trinajstić information content (AvgIpc) is 3.02. The van der Waals surface area contributed by atoms with Gasteiger partial charge in [0.15, 0.2) is 0 Å². The predicted molar refractivity (Wildman–Crippen MR) is 122 cm³/mol. The number of nitrogens with one attached hydrogen (secondary N) is 1. The van der Waals surface area contributed by atoms with Crippen LogP contribution in [0.25, 0.3) is 10.9 Å². The number of aryl methyl sites for hydroxylation is 3. The molecule has 4 rings (SSSR count). The van der Waals surface area contributed by atoms with Crippen molar-refractivity contribution < 1.29 is 13.9 Å². The number of amides is 1. The third-order valence-corrected chi connectivity index (χ3v) is 6.49. The number of fused-ring (bicyclic) bond motifs is 1. The highest BCUT2D eigenvalue weighted by Crippen LogP contribution is 2.36. The summed E-state index contributed by atoms with van der Waals surface area (Å²) in [7, 11) is 1.96. The first-order chi connectivity index (χ1) is 14.8. The average molecular weight is 423 g/mol. The van der Waals surface area contributed by atoms with E-state index in [2.05, 4.69) is 37.4 Å². The van der Waals surface area contributed by atoms with E-state index >= 15 is 0 Å². The van der Waals surface area contributed by atoms with Gasteiger partial charge in [-0.25, -0.2) is 4.39 Å². The number of carbonyl (C=O) groups is 1. The molecule has 1 amide bonds. The summed E-state index contributed by atoms with van der Waals surface area (Å²) in [5.74, 6) is -0.188. The smallest absolute Gasteiger partial charge is 0.231 e. The van der Waals surface area contributed by atoms with Gasteiger partial charge in [-0.1, -0.05) is 29.3 Å². The van der Waals surface area contributed by atoms with Crippen molar-refractivity contribution in [3.05, 3.63) is 70.7 Å². The Morgan fingerprint density at radius 3 is 2.52 bits per heavy atom. The van der Waals surface area contributed by atoms with Crippen LogP contribution >= 0.6 is 0 Å². The van der Waals surface area contributed by atoms with Crippen molar-refractivity contribution in [2.75, 3.05) is 13.2 Å². The summed E-state index contributed by atoms with van der Waals surface area (Å²) in [6.45, 7) is 7.33. The van der Waals surface area contributed by atoms with E-state index in [0.29, 0.717) is 32.5 Å². The van der Waals surface area contributed by atoms with Crippen molar-refractivity contribution in [2.24, 2.45) is 7.05 Å². The number of ether oxygens (including phenoxy) is 1. The third kappa shape index (κ3) is 4.24. The highest BCUT2D eigenvalue weighted by Gasteiger charge is 2.42. The van der Waals surface area contributed by atoms with Gasteiger partial charge in [-0.3, -0.25) is 4.79 Å². The van der Waals surface area contributed by atoms with Crippen molar-refractivity contribution in [3.63, 3.8) is 0 Å². The molecule has 1 aliphatic heterocycles. The number of rotatable bonds is 5. The van der Waals surface area contributed by atoms with Gasteiger partial charge in [0.25, 0.3) is 0 Å². The molecule has 0 radical (unpaired) electrons. The molecule has 1 fully saturated rings. The van der Waals surface area contributed by atoms with Crippen LogP contribution in [0.3, 0.4) is 0 Å². The molecule has 5 heteroatoms. The first-order valence-electron chi connectivity index (χ1n) is 11.0. The van der Waals surface area contributed by atoms with Crippen molar-refractivity contribution in [3.8, 4) is 0 Å². The lowest BCUT2D eigenvalue weighted by molar-refractivity contribution is -0.131. The monoisotopic (exact) mass is 422 g/mol. The maximum atomic E-state index is 13.8. The number of benzene rings is 2. The topological polar surface area (TPSA) is 43.3 Å². The molecular weight excluding hydrogens is 391 g/mol. The third-order valence-electron chi connectivity index (χ3n) is 6.49. The lowest BCUT2D eigenvalue weighted by Crippen LogP contribution is -2.50. The van der Waals surface area contributed by atoms with E-state index in [4.69, 9.17) is 4.74 Å². The van der Waals surface area contributed by atoms with Crippen molar-refractivity contribution in [1.29, 1.82) is 0 Å². The predicted octanol–water partition coefficient (Wildman–Crippen LogP) is 4.73. The largest absolute Gasteiger partial charge is 0.381 e. The first-order valence-corrected chi connectivity index (χ1v) is 11.0. The number of hydrogen-bond acceptors (Lipinski definition) is 2. The summed E-state index contributed by atoms with van der Waals surface area (Å²) >= 11 is 0. The van der Waals surface area contributed by atoms with Crippen LogP contribution in [0.2, 0.25) is 0 Å². The summed E-state index contributed by atoms with van der Waals surface area (Å²) in [6, 6.07) is 11.2. The highest BCUT2D eigenvalue weighted by molar-refractivity contribution is 5.89. The van der Waals surface area contributed by atoms with Gasteiger partial charge in [0.2, 0.25) is 5.91 Å². The van der Waals surface area contributed by atoms with Gasteiger partial charge in [-0.2, -0.15) is 0 Å². The van der Waals surface area contributed by atoms with Gasteiger partial charge in [-0.15, -0.1) is 0 Å². The fraction of sp³-hybridized carbons (Fsp3) is 0.423. The minimum Gasteiger partial charge on any atom is -0.381 e. The van der Waals surface area contributed by atoms with Crippen molar-refractivity contribution >= 4 is 16.8 Å². The number of aromatic nitrogens is 1. The summed E-state index contributed by atoms with van der Waals surface area (Å²) in [6.07, 6.45) is 4.02. The maximum absolute atomic E-state index is 13.8. The minimum absolute atomic E-state index is 0.0553. The van der Waals surface area contributed by atoms with E-state index in [-0.39, 0.29) is 17.8 Å². The highest BCUT2D eigenvalue weighted by atomic mass is 19.1. The normalized spacial score (nSPS) is 16.9. The Morgan fingerprint density at radius 2 is 1.84 bits per heavy atom. The standard InChI is InChI=1S/C26H31FN2O2/c1-17-11-18(2)13-21(12-17)26(7-9-31-10-8-26)25(30)28-19(3)14-20-16-29(4)24-6-5-22(27)15-23(20)24/h5-6,11-13,15-16,19H,7-10,14H2,1-4H3,(H,28,30)/t19-/m0/s1. The second kappa shape index (κ2) is 8.46. The van der Waals surface area contributed by atoms with Gasteiger partial charge in [0, 0.05) is 43.4 Å². The van der Waals surface area contributed by atoms with E-state index in [1.807, 2.05) is 24.7 Å². The Bertz CT molecular complexity index is 1090. The molecule has 4 nitrogen and oxygen atoms in total. The molecule has 164 valence electrons. The number of carbonyl (C=O) groups excluding carboxylic acids is 1. The molecule has 3 aromatic rings. The number of hydrogen-bond donors (Lipinski definition) is 1. The van der Waals surface area contributed by atoms with Crippen LogP contribution in [-0.4, -0.2) is 29.7 Å². The molecule has 2 aromatic carbocycles. The number of halogens is 1. The fourth-order valence-corrected chi connectivity index (χ4v) is 4.97. The van der Waals surface area contributed by atoms with Gasteiger partial charge in [-0.05, 0) is 69.4 Å². The zero-order valence-corrected chi connectivity index (χ0v) is 18.8. The molecule has 0 spiro atoms. The van der Waals surface area contributed by atoms with Crippen LogP contribution in [0.1, 0.15) is 42.0 Å². The summed E-state index contributed by atoms with van der Waals surface area (Å²) in [5.41, 5.74) is 4.86. The molecule has 1 saturated heterocycles. The van der Waals surface area contributed by atoms with E-state index in [1.54, 1.807) is 12.1 Å². The second-order valence-corrected chi connectivity index (χ2v) is 9.08. The van der Waals surface area contributed by atoms with Gasteiger partial charge in [0.1, 0.15) is 5.82 Å². The molecule has 2 heterocycles. The molecular formula is C26H31FN2O2. The molecule has 0 aliphatic carbocycles.